The Bertz CT molecular complexity index is 628. The van der Waals surface area contributed by atoms with Crippen LogP contribution in [0.3, 0.4) is 0 Å². The van der Waals surface area contributed by atoms with Crippen molar-refractivity contribution in [2.45, 2.75) is 26.8 Å². The minimum atomic E-state index is -0.243. The van der Waals surface area contributed by atoms with E-state index in [0.717, 1.165) is 15.6 Å². The van der Waals surface area contributed by atoms with Crippen LogP contribution in [0.15, 0.2) is 30.3 Å². The number of benzene rings is 1. The maximum atomic E-state index is 11.8. The molecule has 1 aromatic heterocycles. The van der Waals surface area contributed by atoms with Crippen LogP contribution in [-0.4, -0.2) is 34.5 Å². The van der Waals surface area contributed by atoms with Crippen molar-refractivity contribution in [3.63, 3.8) is 0 Å². The molecule has 6 nitrogen and oxygen atoms in total. The van der Waals surface area contributed by atoms with E-state index in [-0.39, 0.29) is 18.1 Å². The number of carbonyl (C=O) groups excluding carboxylic acids is 1. The van der Waals surface area contributed by atoms with Gasteiger partial charge in [-0.2, -0.15) is 0 Å². The summed E-state index contributed by atoms with van der Waals surface area (Å²) in [5.74, 6) is 0. The molecule has 1 heterocycles. The fraction of sp³-hybridized carbons (Fsp3) is 0.438. The lowest BCUT2D eigenvalue weighted by Gasteiger charge is -2.23. The number of aliphatic hydroxyl groups is 1. The van der Waals surface area contributed by atoms with Crippen molar-refractivity contribution in [1.82, 2.24) is 20.8 Å². The Morgan fingerprint density at radius 3 is 2.65 bits per heavy atom. The Hall–Kier alpha value is -1.99. The second kappa shape index (κ2) is 8.03. The highest BCUT2D eigenvalue weighted by Crippen LogP contribution is 2.22. The predicted octanol–water partition coefficient (Wildman–Crippen LogP) is 2.41. The maximum Gasteiger partial charge on any atom is 0.315 e. The third-order valence-electron chi connectivity index (χ3n) is 3.40. The van der Waals surface area contributed by atoms with Gasteiger partial charge in [-0.1, -0.05) is 55.5 Å². The van der Waals surface area contributed by atoms with Gasteiger partial charge in [-0.25, -0.2) is 4.79 Å². The van der Waals surface area contributed by atoms with E-state index >= 15 is 0 Å². The lowest BCUT2D eigenvalue weighted by Crippen LogP contribution is -2.40. The van der Waals surface area contributed by atoms with Gasteiger partial charge < -0.3 is 15.7 Å². The minimum Gasteiger partial charge on any atom is -0.396 e. The Labute approximate surface area is 140 Å². The summed E-state index contributed by atoms with van der Waals surface area (Å²) in [7, 11) is 0. The number of hydrogen-bond acceptors (Lipinski definition) is 5. The van der Waals surface area contributed by atoms with E-state index in [1.54, 1.807) is 0 Å². The molecule has 0 bridgehead atoms. The lowest BCUT2D eigenvalue weighted by atomic mass is 9.90. The van der Waals surface area contributed by atoms with Crippen LogP contribution in [-0.2, 0) is 6.54 Å². The van der Waals surface area contributed by atoms with Gasteiger partial charge in [0.15, 0.2) is 0 Å². The predicted molar refractivity (Wildman–Crippen MR) is 91.1 cm³/mol. The molecule has 0 fully saturated rings. The molecule has 0 atom stereocenters. The molecule has 1 aromatic carbocycles. The van der Waals surface area contributed by atoms with Crippen LogP contribution in [0, 0.1) is 5.41 Å². The summed E-state index contributed by atoms with van der Waals surface area (Å²) in [6.07, 6.45) is 0.643. The number of aromatic nitrogens is 2. The van der Waals surface area contributed by atoms with Crippen LogP contribution < -0.4 is 10.6 Å². The fourth-order valence-electron chi connectivity index (χ4n) is 1.95. The van der Waals surface area contributed by atoms with Crippen LogP contribution in [0.5, 0.6) is 0 Å². The van der Waals surface area contributed by atoms with Crippen molar-refractivity contribution in [2.75, 3.05) is 13.2 Å². The third kappa shape index (κ3) is 5.61. The molecule has 2 rings (SSSR count). The van der Waals surface area contributed by atoms with Gasteiger partial charge in [0.2, 0.25) is 0 Å². The van der Waals surface area contributed by atoms with Crippen LogP contribution in [0.2, 0.25) is 0 Å². The number of aliphatic hydroxyl groups excluding tert-OH is 1. The summed E-state index contributed by atoms with van der Waals surface area (Å²) in [6.45, 7) is 4.96. The Morgan fingerprint density at radius 1 is 1.22 bits per heavy atom. The molecule has 0 spiro atoms. The first-order chi connectivity index (χ1) is 11.0. The molecule has 0 unspecified atom stereocenters. The van der Waals surface area contributed by atoms with Crippen molar-refractivity contribution in [3.05, 3.63) is 35.3 Å². The molecule has 2 aromatic rings. The van der Waals surface area contributed by atoms with Gasteiger partial charge in [0, 0.05) is 18.7 Å². The summed E-state index contributed by atoms with van der Waals surface area (Å²) in [4.78, 5) is 11.8. The topological polar surface area (TPSA) is 87.1 Å². The van der Waals surface area contributed by atoms with Gasteiger partial charge in [0.05, 0.1) is 6.54 Å². The Balaban J connectivity index is 1.80. The van der Waals surface area contributed by atoms with E-state index in [4.69, 9.17) is 5.11 Å². The second-order valence-electron chi connectivity index (χ2n) is 6.04. The van der Waals surface area contributed by atoms with E-state index in [0.29, 0.717) is 19.5 Å². The monoisotopic (exact) mass is 334 g/mol. The van der Waals surface area contributed by atoms with Gasteiger partial charge in [-0.15, -0.1) is 10.2 Å². The fourth-order valence-corrected chi connectivity index (χ4v) is 2.74. The molecule has 0 saturated heterocycles. The highest BCUT2D eigenvalue weighted by Gasteiger charge is 2.18. The van der Waals surface area contributed by atoms with Crippen molar-refractivity contribution < 1.29 is 9.90 Å². The average Bonchev–Trinajstić information content (AvgIpc) is 3.01. The SMILES string of the molecule is CC(C)(CCO)CNC(=O)NCc1nnc(-c2ccccc2)s1. The number of hydrogen-bond donors (Lipinski definition) is 3. The minimum absolute atomic E-state index is 0.114. The number of rotatable bonds is 7. The Kier molecular flexibility index (Phi) is 6.06. The van der Waals surface area contributed by atoms with E-state index in [1.807, 2.05) is 44.2 Å². The molecule has 124 valence electrons. The molecule has 3 N–H and O–H groups in total. The van der Waals surface area contributed by atoms with Crippen LogP contribution in [0.4, 0.5) is 4.79 Å². The molecule has 2 amide bonds. The van der Waals surface area contributed by atoms with Gasteiger partial charge in [0.25, 0.3) is 0 Å². The van der Waals surface area contributed by atoms with Gasteiger partial charge in [0.1, 0.15) is 10.0 Å². The maximum absolute atomic E-state index is 11.8. The summed E-state index contributed by atoms with van der Waals surface area (Å²) in [5.41, 5.74) is 0.890. The number of carbonyl (C=O) groups is 1. The molecule has 0 aliphatic rings. The molecule has 0 saturated carbocycles. The molecule has 23 heavy (non-hydrogen) atoms. The summed E-state index contributed by atoms with van der Waals surface area (Å²) in [5, 5.41) is 24.4. The zero-order valence-corrected chi connectivity index (χ0v) is 14.2. The molecule has 0 aliphatic carbocycles. The molecule has 0 aliphatic heterocycles. The first kappa shape index (κ1) is 17.4. The first-order valence-electron chi connectivity index (χ1n) is 7.50. The molecular formula is C16H22N4O2S. The normalized spacial score (nSPS) is 11.3. The number of nitrogens with one attached hydrogen (secondary N) is 2. The quantitative estimate of drug-likeness (QED) is 0.726. The van der Waals surface area contributed by atoms with E-state index in [9.17, 15) is 4.79 Å². The molecule has 7 heteroatoms. The van der Waals surface area contributed by atoms with Gasteiger partial charge in [-0.3, -0.25) is 0 Å². The van der Waals surface area contributed by atoms with Crippen molar-refractivity contribution in [3.8, 4) is 10.6 Å². The second-order valence-corrected chi connectivity index (χ2v) is 7.10. The van der Waals surface area contributed by atoms with Crippen LogP contribution in [0.1, 0.15) is 25.3 Å². The Morgan fingerprint density at radius 2 is 1.96 bits per heavy atom. The third-order valence-corrected chi connectivity index (χ3v) is 4.38. The zero-order valence-electron chi connectivity index (χ0n) is 13.4. The lowest BCUT2D eigenvalue weighted by molar-refractivity contribution is 0.201. The molecule has 0 radical (unpaired) electrons. The van der Waals surface area contributed by atoms with Crippen molar-refractivity contribution in [1.29, 1.82) is 0 Å². The number of nitrogens with zero attached hydrogens (tertiary/aromatic N) is 2. The largest absolute Gasteiger partial charge is 0.396 e. The van der Waals surface area contributed by atoms with Crippen LogP contribution >= 0.6 is 11.3 Å². The van der Waals surface area contributed by atoms with Crippen molar-refractivity contribution >= 4 is 17.4 Å². The summed E-state index contributed by atoms with van der Waals surface area (Å²) >= 11 is 1.46. The highest BCUT2D eigenvalue weighted by atomic mass is 32.1. The summed E-state index contributed by atoms with van der Waals surface area (Å²) in [6, 6.07) is 9.58. The van der Waals surface area contributed by atoms with Gasteiger partial charge in [-0.05, 0) is 11.8 Å². The summed E-state index contributed by atoms with van der Waals surface area (Å²) < 4.78 is 0. The van der Waals surface area contributed by atoms with Crippen LogP contribution in [0.25, 0.3) is 10.6 Å². The van der Waals surface area contributed by atoms with E-state index < -0.39 is 0 Å². The number of amides is 2. The first-order valence-corrected chi connectivity index (χ1v) is 8.32. The standard InChI is InChI=1S/C16H22N4O2S/c1-16(2,8-9-21)11-18-15(22)17-10-13-19-20-14(23-13)12-6-4-3-5-7-12/h3-7,21H,8-11H2,1-2H3,(H2,17,18,22). The average molecular weight is 334 g/mol. The molecular weight excluding hydrogens is 312 g/mol. The zero-order chi connectivity index (χ0) is 16.7. The van der Waals surface area contributed by atoms with Crippen molar-refractivity contribution in [2.24, 2.45) is 5.41 Å². The van der Waals surface area contributed by atoms with E-state index in [1.165, 1.54) is 11.3 Å². The highest BCUT2D eigenvalue weighted by molar-refractivity contribution is 7.14. The van der Waals surface area contributed by atoms with E-state index in [2.05, 4.69) is 20.8 Å². The smallest absolute Gasteiger partial charge is 0.315 e. The number of urea groups is 1. The van der Waals surface area contributed by atoms with Gasteiger partial charge >= 0.3 is 6.03 Å².